The van der Waals surface area contributed by atoms with Gasteiger partial charge in [0, 0.05) is 18.2 Å². The van der Waals surface area contributed by atoms with Crippen LogP contribution < -0.4 is 5.32 Å². The Kier molecular flexibility index (Phi) is 5.90. The van der Waals surface area contributed by atoms with Crippen LogP contribution in [0.25, 0.3) is 0 Å². The molecule has 1 aromatic rings. The summed E-state index contributed by atoms with van der Waals surface area (Å²) in [5, 5.41) is 11.7. The molecule has 2 N–H and O–H groups in total. The molecular formula is C15H20N2O4. The van der Waals surface area contributed by atoms with Gasteiger partial charge in [-0.25, -0.2) is 4.79 Å². The molecule has 0 aliphatic carbocycles. The van der Waals surface area contributed by atoms with E-state index in [4.69, 9.17) is 5.11 Å². The fraction of sp³-hybridized carbons (Fsp3) is 0.400. The van der Waals surface area contributed by atoms with Crippen LogP contribution in [0.4, 0.5) is 0 Å². The lowest BCUT2D eigenvalue weighted by atomic mass is 10.1. The monoisotopic (exact) mass is 292 g/mol. The maximum Gasteiger partial charge on any atom is 0.335 e. The second kappa shape index (κ2) is 7.42. The molecule has 2 amide bonds. The fourth-order valence-corrected chi connectivity index (χ4v) is 1.84. The SMILES string of the molecule is CCN(CC(=O)NC(C)C)C(=O)c1cccc(C(=O)O)c1. The minimum Gasteiger partial charge on any atom is -0.478 e. The highest BCUT2D eigenvalue weighted by molar-refractivity contribution is 5.99. The van der Waals surface area contributed by atoms with Crippen molar-refractivity contribution in [3.05, 3.63) is 35.4 Å². The molecule has 0 aromatic heterocycles. The first-order chi connectivity index (χ1) is 9.85. The van der Waals surface area contributed by atoms with Crippen LogP contribution in [0.15, 0.2) is 24.3 Å². The van der Waals surface area contributed by atoms with Crippen molar-refractivity contribution in [2.75, 3.05) is 13.1 Å². The van der Waals surface area contributed by atoms with E-state index in [1.807, 2.05) is 13.8 Å². The minimum absolute atomic E-state index is 0.00152. The molecule has 0 atom stereocenters. The van der Waals surface area contributed by atoms with E-state index in [1.54, 1.807) is 6.92 Å². The highest BCUT2D eigenvalue weighted by atomic mass is 16.4. The zero-order valence-electron chi connectivity index (χ0n) is 12.4. The number of benzene rings is 1. The van der Waals surface area contributed by atoms with Gasteiger partial charge in [-0.3, -0.25) is 9.59 Å². The Labute approximate surface area is 123 Å². The number of hydrogen-bond acceptors (Lipinski definition) is 3. The molecule has 0 radical (unpaired) electrons. The third-order valence-corrected chi connectivity index (χ3v) is 2.81. The maximum atomic E-state index is 12.3. The zero-order chi connectivity index (χ0) is 16.0. The van der Waals surface area contributed by atoms with Gasteiger partial charge in [0.2, 0.25) is 5.91 Å². The van der Waals surface area contributed by atoms with Crippen LogP contribution in [-0.4, -0.2) is 46.9 Å². The number of carboxylic acid groups (broad SMARTS) is 1. The van der Waals surface area contributed by atoms with Crippen LogP contribution in [0.1, 0.15) is 41.5 Å². The Morgan fingerprint density at radius 1 is 1.24 bits per heavy atom. The number of likely N-dealkylation sites (N-methyl/N-ethyl adjacent to an activating group) is 1. The molecule has 0 fully saturated rings. The molecule has 0 spiro atoms. The van der Waals surface area contributed by atoms with E-state index in [1.165, 1.54) is 29.2 Å². The van der Waals surface area contributed by atoms with Gasteiger partial charge in [-0.15, -0.1) is 0 Å². The molecule has 0 saturated heterocycles. The van der Waals surface area contributed by atoms with Crippen molar-refractivity contribution in [2.24, 2.45) is 0 Å². The predicted octanol–water partition coefficient (Wildman–Crippen LogP) is 1.37. The molecule has 6 heteroatoms. The quantitative estimate of drug-likeness (QED) is 0.829. The summed E-state index contributed by atoms with van der Waals surface area (Å²) >= 11 is 0. The Morgan fingerprint density at radius 3 is 2.38 bits per heavy atom. The van der Waals surface area contributed by atoms with Crippen LogP contribution in [0.3, 0.4) is 0 Å². The summed E-state index contributed by atoms with van der Waals surface area (Å²) in [7, 11) is 0. The molecule has 1 aromatic carbocycles. The van der Waals surface area contributed by atoms with Crippen molar-refractivity contribution in [1.82, 2.24) is 10.2 Å². The van der Waals surface area contributed by atoms with Gasteiger partial charge in [-0.2, -0.15) is 0 Å². The fourth-order valence-electron chi connectivity index (χ4n) is 1.84. The second-order valence-electron chi connectivity index (χ2n) is 4.93. The Hall–Kier alpha value is -2.37. The summed E-state index contributed by atoms with van der Waals surface area (Å²) in [5.74, 6) is -1.70. The van der Waals surface area contributed by atoms with E-state index in [0.29, 0.717) is 6.54 Å². The average Bonchev–Trinajstić information content (AvgIpc) is 2.43. The van der Waals surface area contributed by atoms with Crippen LogP contribution >= 0.6 is 0 Å². The number of rotatable bonds is 6. The number of nitrogens with one attached hydrogen (secondary N) is 1. The van der Waals surface area contributed by atoms with E-state index < -0.39 is 5.97 Å². The van der Waals surface area contributed by atoms with Crippen molar-refractivity contribution in [2.45, 2.75) is 26.8 Å². The van der Waals surface area contributed by atoms with Crippen molar-refractivity contribution in [3.8, 4) is 0 Å². The average molecular weight is 292 g/mol. The van der Waals surface area contributed by atoms with E-state index >= 15 is 0 Å². The van der Waals surface area contributed by atoms with Gasteiger partial charge < -0.3 is 15.3 Å². The molecule has 114 valence electrons. The number of aromatic carboxylic acids is 1. The number of carbonyl (C=O) groups is 3. The Bertz CT molecular complexity index is 540. The molecule has 0 heterocycles. The van der Waals surface area contributed by atoms with E-state index in [0.717, 1.165) is 0 Å². The summed E-state index contributed by atoms with van der Waals surface area (Å²) in [5.41, 5.74) is 0.303. The van der Waals surface area contributed by atoms with E-state index in [-0.39, 0.29) is 35.5 Å². The first-order valence-corrected chi connectivity index (χ1v) is 6.77. The molecular weight excluding hydrogens is 272 g/mol. The van der Waals surface area contributed by atoms with Crippen molar-refractivity contribution >= 4 is 17.8 Å². The van der Waals surface area contributed by atoms with E-state index in [9.17, 15) is 14.4 Å². The molecule has 1 rings (SSSR count). The third kappa shape index (κ3) is 4.91. The minimum atomic E-state index is -1.09. The first-order valence-electron chi connectivity index (χ1n) is 6.77. The highest BCUT2D eigenvalue weighted by Gasteiger charge is 2.18. The van der Waals surface area contributed by atoms with Crippen LogP contribution in [0.2, 0.25) is 0 Å². The van der Waals surface area contributed by atoms with Gasteiger partial charge in [0.15, 0.2) is 0 Å². The topological polar surface area (TPSA) is 86.7 Å². The zero-order valence-corrected chi connectivity index (χ0v) is 12.4. The van der Waals surface area contributed by atoms with E-state index in [2.05, 4.69) is 5.32 Å². The van der Waals surface area contributed by atoms with Gasteiger partial charge in [0.25, 0.3) is 5.91 Å². The summed E-state index contributed by atoms with van der Waals surface area (Å²) in [4.78, 5) is 36.4. The summed E-state index contributed by atoms with van der Waals surface area (Å²) in [6.45, 7) is 5.76. The molecule has 6 nitrogen and oxygen atoms in total. The Morgan fingerprint density at radius 2 is 1.86 bits per heavy atom. The van der Waals surface area contributed by atoms with Crippen LogP contribution in [0.5, 0.6) is 0 Å². The largest absolute Gasteiger partial charge is 0.478 e. The van der Waals surface area contributed by atoms with Crippen molar-refractivity contribution in [1.29, 1.82) is 0 Å². The molecule has 0 unspecified atom stereocenters. The van der Waals surface area contributed by atoms with Crippen molar-refractivity contribution in [3.63, 3.8) is 0 Å². The summed E-state index contributed by atoms with van der Waals surface area (Å²) in [6, 6.07) is 5.78. The number of carbonyl (C=O) groups excluding carboxylic acids is 2. The van der Waals surface area contributed by atoms with Crippen molar-refractivity contribution < 1.29 is 19.5 Å². The smallest absolute Gasteiger partial charge is 0.335 e. The van der Waals surface area contributed by atoms with Gasteiger partial charge in [0.05, 0.1) is 12.1 Å². The van der Waals surface area contributed by atoms with Gasteiger partial charge in [-0.1, -0.05) is 6.07 Å². The molecule has 0 bridgehead atoms. The summed E-state index contributed by atoms with van der Waals surface area (Å²) < 4.78 is 0. The normalized spacial score (nSPS) is 10.3. The van der Waals surface area contributed by atoms with Gasteiger partial charge in [-0.05, 0) is 39.0 Å². The van der Waals surface area contributed by atoms with Gasteiger partial charge in [0.1, 0.15) is 0 Å². The molecule has 0 aliphatic heterocycles. The number of nitrogens with zero attached hydrogens (tertiary/aromatic N) is 1. The number of carboxylic acids is 1. The lowest BCUT2D eigenvalue weighted by molar-refractivity contribution is -0.122. The standard InChI is InChI=1S/C15H20N2O4/c1-4-17(9-13(18)16-10(2)3)14(19)11-6-5-7-12(8-11)15(20)21/h5-8,10H,4,9H2,1-3H3,(H,16,18)(H,20,21). The van der Waals surface area contributed by atoms with Crippen LogP contribution in [0, 0.1) is 0 Å². The molecule has 21 heavy (non-hydrogen) atoms. The summed E-state index contributed by atoms with van der Waals surface area (Å²) in [6.07, 6.45) is 0. The number of hydrogen-bond donors (Lipinski definition) is 2. The highest BCUT2D eigenvalue weighted by Crippen LogP contribution is 2.09. The molecule has 0 aliphatic rings. The lowest BCUT2D eigenvalue weighted by Gasteiger charge is -2.21. The first kappa shape index (κ1) is 16.7. The lowest BCUT2D eigenvalue weighted by Crippen LogP contribution is -2.42. The molecule has 0 saturated carbocycles. The predicted molar refractivity (Wildman–Crippen MR) is 78.3 cm³/mol. The maximum absolute atomic E-state index is 12.3. The third-order valence-electron chi connectivity index (χ3n) is 2.81. The van der Waals surface area contributed by atoms with Gasteiger partial charge >= 0.3 is 5.97 Å². The number of amides is 2. The second-order valence-corrected chi connectivity index (χ2v) is 4.93. The van der Waals surface area contributed by atoms with Crippen LogP contribution in [-0.2, 0) is 4.79 Å². The Balaban J connectivity index is 2.86.